The molecule has 1 aliphatic heterocycles. The third kappa shape index (κ3) is 2.61. The lowest BCUT2D eigenvalue weighted by atomic mass is 10.1. The van der Waals surface area contributed by atoms with Crippen LogP contribution in [0.4, 0.5) is 0 Å². The summed E-state index contributed by atoms with van der Waals surface area (Å²) in [5.41, 5.74) is 2.19. The van der Waals surface area contributed by atoms with Crippen LogP contribution in [0.5, 0.6) is 0 Å². The highest BCUT2D eigenvalue weighted by Gasteiger charge is 2.34. The van der Waals surface area contributed by atoms with Gasteiger partial charge in [0, 0.05) is 36.5 Å². The van der Waals surface area contributed by atoms with Crippen LogP contribution >= 0.6 is 0 Å². The lowest BCUT2D eigenvalue weighted by molar-refractivity contribution is -0.137. The van der Waals surface area contributed by atoms with Crippen molar-refractivity contribution in [3.8, 4) is 0 Å². The predicted octanol–water partition coefficient (Wildman–Crippen LogP) is 0.413. The van der Waals surface area contributed by atoms with Crippen LogP contribution in [0.15, 0.2) is 17.3 Å². The Bertz CT molecular complexity index is 844. The van der Waals surface area contributed by atoms with E-state index < -0.39 is 0 Å². The molecule has 1 aliphatic carbocycles. The molecule has 0 aromatic carbocycles. The maximum absolute atomic E-state index is 12.3. The van der Waals surface area contributed by atoms with Crippen molar-refractivity contribution in [3.05, 3.63) is 39.8 Å². The quantitative estimate of drug-likeness (QED) is 0.811. The number of hydrogen-bond donors (Lipinski definition) is 0. The van der Waals surface area contributed by atoms with Crippen molar-refractivity contribution in [1.29, 1.82) is 0 Å². The van der Waals surface area contributed by atoms with Gasteiger partial charge in [-0.3, -0.25) is 14.2 Å². The van der Waals surface area contributed by atoms with Gasteiger partial charge in [0.05, 0.1) is 18.1 Å². The van der Waals surface area contributed by atoms with Gasteiger partial charge in [-0.05, 0) is 26.7 Å². The van der Waals surface area contributed by atoms with E-state index in [9.17, 15) is 9.59 Å². The van der Waals surface area contributed by atoms with Gasteiger partial charge >= 0.3 is 0 Å². The predicted molar refractivity (Wildman–Crippen MR) is 85.6 cm³/mol. The molecule has 8 nitrogen and oxygen atoms in total. The fraction of sp³-hybridized carbons (Fsp3) is 0.562. The fourth-order valence-corrected chi connectivity index (χ4v) is 2.90. The van der Waals surface area contributed by atoms with Gasteiger partial charge in [0.15, 0.2) is 0 Å². The van der Waals surface area contributed by atoms with Crippen molar-refractivity contribution in [2.24, 2.45) is 0 Å². The van der Waals surface area contributed by atoms with Crippen molar-refractivity contribution in [3.63, 3.8) is 0 Å². The molecule has 0 bridgehead atoms. The zero-order chi connectivity index (χ0) is 16.8. The third-order valence-corrected chi connectivity index (χ3v) is 4.93. The van der Waals surface area contributed by atoms with Crippen LogP contribution in [0.3, 0.4) is 0 Å². The highest BCUT2D eigenvalue weighted by Crippen LogP contribution is 2.39. The maximum Gasteiger partial charge on any atom is 0.256 e. The maximum atomic E-state index is 12.3. The number of amides is 1. The molecule has 24 heavy (non-hydrogen) atoms. The van der Waals surface area contributed by atoms with Crippen LogP contribution in [-0.4, -0.2) is 48.4 Å². The molecule has 0 unspecified atom stereocenters. The Balaban J connectivity index is 1.37. The molecule has 1 saturated heterocycles. The molecular weight excluding hydrogens is 308 g/mol. The zero-order valence-electron chi connectivity index (χ0n) is 13.8. The van der Waals surface area contributed by atoms with Gasteiger partial charge in [-0.1, -0.05) is 5.21 Å². The fourth-order valence-electron chi connectivity index (χ4n) is 2.90. The summed E-state index contributed by atoms with van der Waals surface area (Å²) in [6.07, 6.45) is 5.85. The first kappa shape index (κ1) is 15.0. The van der Waals surface area contributed by atoms with E-state index in [0.717, 1.165) is 5.69 Å². The average Bonchev–Trinajstić information content (AvgIpc) is 3.26. The Kier molecular flexibility index (Phi) is 3.47. The average molecular weight is 328 g/mol. The van der Waals surface area contributed by atoms with E-state index in [1.807, 2.05) is 10.9 Å². The van der Waals surface area contributed by atoms with Crippen molar-refractivity contribution in [2.75, 3.05) is 13.1 Å². The molecular formula is C16H20N6O2. The van der Waals surface area contributed by atoms with Crippen LogP contribution in [0, 0.1) is 13.8 Å². The number of rotatable bonds is 4. The van der Waals surface area contributed by atoms with Gasteiger partial charge in [-0.2, -0.15) is 0 Å². The summed E-state index contributed by atoms with van der Waals surface area (Å²) < 4.78 is 3.24. The monoisotopic (exact) mass is 328 g/mol. The van der Waals surface area contributed by atoms with E-state index in [2.05, 4.69) is 15.3 Å². The molecule has 2 fully saturated rings. The molecule has 8 heteroatoms. The molecule has 4 rings (SSSR count). The molecule has 126 valence electrons. The first-order chi connectivity index (χ1) is 11.5. The van der Waals surface area contributed by atoms with Crippen molar-refractivity contribution < 1.29 is 4.79 Å². The van der Waals surface area contributed by atoms with E-state index in [-0.39, 0.29) is 24.1 Å². The van der Waals surface area contributed by atoms with Crippen LogP contribution in [-0.2, 0) is 11.3 Å². The summed E-state index contributed by atoms with van der Waals surface area (Å²) in [6.45, 7) is 4.77. The van der Waals surface area contributed by atoms with Crippen LogP contribution in [0.2, 0.25) is 0 Å². The smallest absolute Gasteiger partial charge is 0.256 e. The first-order valence-electron chi connectivity index (χ1n) is 8.25. The lowest BCUT2D eigenvalue weighted by Gasteiger charge is -2.38. The van der Waals surface area contributed by atoms with Gasteiger partial charge in [0.1, 0.15) is 6.54 Å². The summed E-state index contributed by atoms with van der Waals surface area (Å²) in [6, 6.07) is 0.184. The Morgan fingerprint density at radius 1 is 1.29 bits per heavy atom. The second-order valence-corrected chi connectivity index (χ2v) is 6.74. The van der Waals surface area contributed by atoms with E-state index in [4.69, 9.17) is 0 Å². The number of carbonyl (C=O) groups excluding carboxylic acids is 1. The van der Waals surface area contributed by atoms with Crippen LogP contribution < -0.4 is 5.56 Å². The minimum Gasteiger partial charge on any atom is -0.337 e. The second kappa shape index (κ2) is 5.54. The number of likely N-dealkylation sites (tertiary alicyclic amines) is 1. The number of aromatic nitrogens is 5. The molecule has 2 aliphatic rings. The minimum absolute atomic E-state index is 0.0321. The second-order valence-electron chi connectivity index (χ2n) is 6.74. The molecule has 1 amide bonds. The molecule has 2 aromatic rings. The van der Waals surface area contributed by atoms with Gasteiger partial charge in [0.25, 0.3) is 5.56 Å². The Morgan fingerprint density at radius 3 is 2.75 bits per heavy atom. The summed E-state index contributed by atoms with van der Waals surface area (Å²) in [7, 11) is 0. The van der Waals surface area contributed by atoms with E-state index in [1.54, 1.807) is 18.7 Å². The summed E-state index contributed by atoms with van der Waals surface area (Å²) >= 11 is 0. The van der Waals surface area contributed by atoms with Crippen molar-refractivity contribution in [1.82, 2.24) is 29.4 Å². The van der Waals surface area contributed by atoms with E-state index >= 15 is 0 Å². The SMILES string of the molecule is Cc1ncn(CC(=O)N2CC(n3cc(C4CC4)nn3)C2)c(=O)c1C. The molecule has 0 spiro atoms. The Morgan fingerprint density at radius 2 is 2.04 bits per heavy atom. The minimum atomic E-state index is -0.154. The summed E-state index contributed by atoms with van der Waals surface area (Å²) in [5.74, 6) is 0.515. The Labute approximate surface area is 139 Å². The van der Waals surface area contributed by atoms with E-state index in [1.165, 1.54) is 23.7 Å². The van der Waals surface area contributed by atoms with Gasteiger partial charge in [-0.25, -0.2) is 9.67 Å². The van der Waals surface area contributed by atoms with Gasteiger partial charge in [-0.15, -0.1) is 5.10 Å². The zero-order valence-corrected chi connectivity index (χ0v) is 13.8. The standard InChI is InChI=1S/C16H20N6O2/c1-10-11(2)17-9-21(16(10)24)8-15(23)20-5-13(6-20)22-7-14(18-19-22)12-3-4-12/h7,9,12-13H,3-6,8H2,1-2H3. The largest absolute Gasteiger partial charge is 0.337 e. The number of nitrogens with zero attached hydrogens (tertiary/aromatic N) is 6. The molecule has 0 atom stereocenters. The molecule has 0 N–H and O–H groups in total. The summed E-state index contributed by atoms with van der Waals surface area (Å²) in [4.78, 5) is 30.4. The lowest BCUT2D eigenvalue weighted by Crippen LogP contribution is -2.52. The topological polar surface area (TPSA) is 85.9 Å². The van der Waals surface area contributed by atoms with Gasteiger partial charge < -0.3 is 4.90 Å². The molecule has 3 heterocycles. The number of hydrogen-bond acceptors (Lipinski definition) is 5. The number of aryl methyl sites for hydroxylation is 1. The molecule has 0 radical (unpaired) electrons. The van der Waals surface area contributed by atoms with Crippen molar-refractivity contribution >= 4 is 5.91 Å². The highest BCUT2D eigenvalue weighted by atomic mass is 16.2. The normalized spacial score (nSPS) is 17.8. The molecule has 1 saturated carbocycles. The molecule has 2 aromatic heterocycles. The van der Waals surface area contributed by atoms with Crippen LogP contribution in [0.25, 0.3) is 0 Å². The van der Waals surface area contributed by atoms with Crippen LogP contribution in [0.1, 0.15) is 41.8 Å². The number of carbonyl (C=O) groups is 1. The van der Waals surface area contributed by atoms with Crippen molar-refractivity contribution in [2.45, 2.75) is 45.2 Å². The highest BCUT2D eigenvalue weighted by molar-refractivity contribution is 5.76. The third-order valence-electron chi connectivity index (χ3n) is 4.93. The Hall–Kier alpha value is -2.51. The summed E-state index contributed by atoms with van der Waals surface area (Å²) in [5, 5.41) is 8.38. The first-order valence-corrected chi connectivity index (χ1v) is 8.25. The van der Waals surface area contributed by atoms with E-state index in [0.29, 0.717) is 30.3 Å². The van der Waals surface area contributed by atoms with Gasteiger partial charge in [0.2, 0.25) is 5.91 Å².